The summed E-state index contributed by atoms with van der Waals surface area (Å²) in [5.74, 6) is 0.905. The zero-order valence-corrected chi connectivity index (χ0v) is 13.3. The van der Waals surface area contributed by atoms with E-state index >= 15 is 0 Å². The van der Waals surface area contributed by atoms with Gasteiger partial charge in [-0.25, -0.2) is 4.98 Å². The Balaban J connectivity index is 1.65. The van der Waals surface area contributed by atoms with Crippen LogP contribution in [0.25, 0.3) is 11.5 Å². The van der Waals surface area contributed by atoms with Gasteiger partial charge in [0.25, 0.3) is 5.91 Å². The third-order valence-corrected chi connectivity index (χ3v) is 4.90. The molecule has 23 heavy (non-hydrogen) atoms. The van der Waals surface area contributed by atoms with Crippen molar-refractivity contribution in [1.29, 1.82) is 0 Å². The van der Waals surface area contributed by atoms with E-state index in [0.717, 1.165) is 37.9 Å². The van der Waals surface area contributed by atoms with E-state index in [1.807, 2.05) is 42.2 Å². The zero-order valence-electron chi connectivity index (χ0n) is 13.3. The molecule has 1 amide bonds. The van der Waals surface area contributed by atoms with Crippen LogP contribution in [0.1, 0.15) is 35.5 Å². The van der Waals surface area contributed by atoms with E-state index in [9.17, 15) is 4.79 Å². The fraction of sp³-hybridized carbons (Fsp3) is 0.444. The monoisotopic (exact) mass is 311 g/mol. The van der Waals surface area contributed by atoms with Gasteiger partial charge in [-0.1, -0.05) is 18.2 Å². The van der Waals surface area contributed by atoms with E-state index in [4.69, 9.17) is 4.42 Å². The van der Waals surface area contributed by atoms with Crippen molar-refractivity contribution in [2.24, 2.45) is 0 Å². The lowest BCUT2D eigenvalue weighted by atomic mass is 10.1. The minimum Gasteiger partial charge on any atom is -0.431 e. The van der Waals surface area contributed by atoms with Gasteiger partial charge in [0.05, 0.1) is 5.69 Å². The van der Waals surface area contributed by atoms with Crippen LogP contribution >= 0.6 is 0 Å². The first-order valence-electron chi connectivity index (χ1n) is 8.30. The Morgan fingerprint density at radius 1 is 1.22 bits per heavy atom. The first-order chi connectivity index (χ1) is 11.2. The Labute approximate surface area is 135 Å². The minimum atomic E-state index is -0.00613. The van der Waals surface area contributed by atoms with Gasteiger partial charge in [0, 0.05) is 24.2 Å². The summed E-state index contributed by atoms with van der Waals surface area (Å²) in [6.45, 7) is 3.71. The minimum absolute atomic E-state index is 0.00613. The third-order valence-electron chi connectivity index (χ3n) is 4.90. The molecule has 3 heterocycles. The Morgan fingerprint density at radius 2 is 2.00 bits per heavy atom. The topological polar surface area (TPSA) is 58.4 Å². The second-order valence-electron chi connectivity index (χ2n) is 6.39. The lowest BCUT2D eigenvalue weighted by Crippen LogP contribution is -2.42. The van der Waals surface area contributed by atoms with Crippen LogP contribution < -0.4 is 5.32 Å². The molecule has 2 bridgehead atoms. The molecule has 120 valence electrons. The number of oxazole rings is 1. The van der Waals surface area contributed by atoms with Crippen LogP contribution in [0.2, 0.25) is 0 Å². The molecule has 4 rings (SSSR count). The number of fused-ring (bicyclic) bond motifs is 2. The molecule has 2 aliphatic heterocycles. The van der Waals surface area contributed by atoms with Crippen molar-refractivity contribution in [2.45, 2.75) is 38.3 Å². The molecule has 0 spiro atoms. The van der Waals surface area contributed by atoms with E-state index < -0.39 is 0 Å². The molecule has 2 aliphatic rings. The standard InChI is InChI=1S/C18H21N3O2/c1-12-16(23-17(20-12)13-5-3-2-4-6-13)18(22)21-14-7-8-15(21)11-19-10-9-14/h2-6,14-15,19H,7-11H2,1H3. The Bertz CT molecular complexity index is 696. The maximum atomic E-state index is 13.0. The van der Waals surface area contributed by atoms with Crippen molar-refractivity contribution in [3.05, 3.63) is 41.8 Å². The highest BCUT2D eigenvalue weighted by molar-refractivity contribution is 5.93. The molecule has 2 unspecified atom stereocenters. The van der Waals surface area contributed by atoms with Crippen LogP contribution in [-0.2, 0) is 0 Å². The SMILES string of the molecule is Cc1nc(-c2ccccc2)oc1C(=O)N1C2CCNCC1CC2. The van der Waals surface area contributed by atoms with E-state index in [2.05, 4.69) is 10.3 Å². The first-order valence-corrected chi connectivity index (χ1v) is 8.30. The van der Waals surface area contributed by atoms with Gasteiger partial charge in [0.1, 0.15) is 0 Å². The smallest absolute Gasteiger partial charge is 0.292 e. The number of nitrogens with zero attached hydrogens (tertiary/aromatic N) is 2. The highest BCUT2D eigenvalue weighted by atomic mass is 16.4. The molecule has 1 N–H and O–H groups in total. The van der Waals surface area contributed by atoms with E-state index in [1.165, 1.54) is 0 Å². The average molecular weight is 311 g/mol. The second kappa shape index (κ2) is 5.81. The van der Waals surface area contributed by atoms with Gasteiger partial charge in [-0.15, -0.1) is 0 Å². The summed E-state index contributed by atoms with van der Waals surface area (Å²) in [5, 5.41) is 3.42. The summed E-state index contributed by atoms with van der Waals surface area (Å²) in [6.07, 6.45) is 3.18. The number of aromatic nitrogens is 1. The van der Waals surface area contributed by atoms with Crippen LogP contribution in [0.3, 0.4) is 0 Å². The molecule has 0 aliphatic carbocycles. The summed E-state index contributed by atoms with van der Waals surface area (Å²) in [4.78, 5) is 19.5. The van der Waals surface area contributed by atoms with Crippen LogP contribution in [-0.4, -0.2) is 41.0 Å². The van der Waals surface area contributed by atoms with Gasteiger partial charge in [0.15, 0.2) is 0 Å². The van der Waals surface area contributed by atoms with Crippen LogP contribution in [0.4, 0.5) is 0 Å². The van der Waals surface area contributed by atoms with Crippen molar-refractivity contribution < 1.29 is 9.21 Å². The van der Waals surface area contributed by atoms with Gasteiger partial charge < -0.3 is 14.6 Å². The maximum absolute atomic E-state index is 13.0. The van der Waals surface area contributed by atoms with Gasteiger partial charge in [-0.3, -0.25) is 4.79 Å². The Morgan fingerprint density at radius 3 is 2.83 bits per heavy atom. The quantitative estimate of drug-likeness (QED) is 0.926. The predicted octanol–water partition coefficient (Wildman–Crippen LogP) is 2.62. The van der Waals surface area contributed by atoms with Crippen LogP contribution in [0, 0.1) is 6.92 Å². The number of hydrogen-bond acceptors (Lipinski definition) is 4. The first kappa shape index (κ1) is 14.5. The molecule has 0 saturated carbocycles. The van der Waals surface area contributed by atoms with Crippen LogP contribution in [0.15, 0.2) is 34.7 Å². The van der Waals surface area contributed by atoms with Crippen molar-refractivity contribution >= 4 is 5.91 Å². The molecule has 1 aromatic carbocycles. The molecular formula is C18H21N3O2. The van der Waals surface area contributed by atoms with Crippen molar-refractivity contribution in [1.82, 2.24) is 15.2 Å². The van der Waals surface area contributed by atoms with Crippen LogP contribution in [0.5, 0.6) is 0 Å². The summed E-state index contributed by atoms with van der Waals surface area (Å²) in [7, 11) is 0. The summed E-state index contributed by atoms with van der Waals surface area (Å²) >= 11 is 0. The average Bonchev–Trinajstić information content (AvgIpc) is 3.06. The molecule has 2 fully saturated rings. The van der Waals surface area contributed by atoms with Gasteiger partial charge in [-0.05, 0) is 44.9 Å². The number of nitrogens with one attached hydrogen (secondary N) is 1. The van der Waals surface area contributed by atoms with Crippen molar-refractivity contribution in [2.75, 3.05) is 13.1 Å². The lowest BCUT2D eigenvalue weighted by molar-refractivity contribution is 0.0647. The summed E-state index contributed by atoms with van der Waals surface area (Å²) in [6, 6.07) is 10.3. The van der Waals surface area contributed by atoms with E-state index in [0.29, 0.717) is 23.4 Å². The highest BCUT2D eigenvalue weighted by Gasteiger charge is 2.40. The van der Waals surface area contributed by atoms with Crippen molar-refractivity contribution in [3.8, 4) is 11.5 Å². The molecule has 2 aromatic rings. The largest absolute Gasteiger partial charge is 0.431 e. The molecule has 2 saturated heterocycles. The molecule has 2 atom stereocenters. The Hall–Kier alpha value is -2.14. The fourth-order valence-electron chi connectivity index (χ4n) is 3.73. The number of amides is 1. The molecule has 5 nitrogen and oxygen atoms in total. The van der Waals surface area contributed by atoms with Gasteiger partial charge in [-0.2, -0.15) is 0 Å². The van der Waals surface area contributed by atoms with E-state index in [-0.39, 0.29) is 11.9 Å². The number of hydrogen-bond donors (Lipinski definition) is 1. The Kier molecular flexibility index (Phi) is 3.65. The number of benzene rings is 1. The number of carbonyl (C=O) groups excluding carboxylic acids is 1. The lowest BCUT2D eigenvalue weighted by Gasteiger charge is -2.26. The molecule has 5 heteroatoms. The normalized spacial score (nSPS) is 23.8. The molecule has 0 radical (unpaired) electrons. The molecular weight excluding hydrogens is 290 g/mol. The third kappa shape index (κ3) is 2.55. The summed E-state index contributed by atoms with van der Waals surface area (Å²) < 4.78 is 5.86. The second-order valence-corrected chi connectivity index (χ2v) is 6.39. The fourth-order valence-corrected chi connectivity index (χ4v) is 3.73. The predicted molar refractivity (Wildman–Crippen MR) is 87.1 cm³/mol. The molecule has 1 aromatic heterocycles. The number of carbonyl (C=O) groups is 1. The van der Waals surface area contributed by atoms with Gasteiger partial charge in [0.2, 0.25) is 11.7 Å². The van der Waals surface area contributed by atoms with Gasteiger partial charge >= 0.3 is 0 Å². The van der Waals surface area contributed by atoms with Crippen molar-refractivity contribution in [3.63, 3.8) is 0 Å². The van der Waals surface area contributed by atoms with E-state index in [1.54, 1.807) is 0 Å². The summed E-state index contributed by atoms with van der Waals surface area (Å²) in [5.41, 5.74) is 1.57. The number of aryl methyl sites for hydroxylation is 1. The highest BCUT2D eigenvalue weighted by Crippen LogP contribution is 2.31. The number of rotatable bonds is 2. The zero-order chi connectivity index (χ0) is 15.8. The maximum Gasteiger partial charge on any atom is 0.292 e.